The molecule has 5 heterocycles. The fourth-order valence-corrected chi connectivity index (χ4v) is 5.79. The van der Waals surface area contributed by atoms with Crippen molar-refractivity contribution in [2.24, 2.45) is 0 Å². The van der Waals surface area contributed by atoms with E-state index in [1.807, 2.05) is 72.8 Å². The molecular formula is C32H22N4O3SZn. The predicted molar refractivity (Wildman–Crippen MR) is 160 cm³/mol. The monoisotopic (exact) mass is 606 g/mol. The standard InChI is InChI=1S/C32H22N4O3S.Zn/c37-40(38,39)32-9-5-4-8-27(32)29-17-26-15-25-16-28(20-6-2-1-3-7-20)30(35-25)18-23-12-10-21(33-23)14-22-11-13-24(34-22)19-31(29)36-26;/h1-19,35-36H,(H,37,38,39);. The van der Waals surface area contributed by atoms with E-state index in [0.29, 0.717) is 22.3 Å². The first-order valence-corrected chi connectivity index (χ1v) is 14.1. The molecule has 0 atom stereocenters. The van der Waals surface area contributed by atoms with Crippen molar-refractivity contribution >= 4 is 56.5 Å². The normalized spacial score (nSPS) is 12.3. The fourth-order valence-electron chi connectivity index (χ4n) is 5.09. The van der Waals surface area contributed by atoms with E-state index in [-0.39, 0.29) is 24.4 Å². The summed E-state index contributed by atoms with van der Waals surface area (Å²) in [6.45, 7) is 0. The molecule has 196 valence electrons. The topological polar surface area (TPSA) is 112 Å². The Morgan fingerprint density at radius 1 is 0.561 bits per heavy atom. The summed E-state index contributed by atoms with van der Waals surface area (Å²) in [5.41, 5.74) is 9.37. The summed E-state index contributed by atoms with van der Waals surface area (Å²) in [5.74, 6) is 0. The Labute approximate surface area is 248 Å². The first-order chi connectivity index (χ1) is 19.4. The third kappa shape index (κ3) is 5.35. The summed E-state index contributed by atoms with van der Waals surface area (Å²) in [6, 6.07) is 28.3. The third-order valence-corrected chi connectivity index (χ3v) is 7.75. The number of aromatic nitrogens is 4. The van der Waals surface area contributed by atoms with Crippen molar-refractivity contribution < 1.29 is 32.4 Å². The molecule has 7 rings (SSSR count). The maximum atomic E-state index is 12.2. The quantitative estimate of drug-likeness (QED) is 0.145. The van der Waals surface area contributed by atoms with Crippen LogP contribution in [0.1, 0.15) is 22.8 Å². The minimum absolute atomic E-state index is 0. The molecule has 0 saturated carbocycles. The van der Waals surface area contributed by atoms with Crippen LogP contribution < -0.4 is 0 Å². The number of hydrogen-bond donors (Lipinski definition) is 3. The van der Waals surface area contributed by atoms with Gasteiger partial charge in [-0.2, -0.15) is 8.42 Å². The van der Waals surface area contributed by atoms with Crippen LogP contribution >= 0.6 is 0 Å². The maximum absolute atomic E-state index is 12.2. The third-order valence-electron chi connectivity index (χ3n) is 6.84. The summed E-state index contributed by atoms with van der Waals surface area (Å²) in [4.78, 5) is 16.2. The van der Waals surface area contributed by atoms with E-state index in [4.69, 9.17) is 9.97 Å². The second kappa shape index (κ2) is 10.5. The Morgan fingerprint density at radius 2 is 1.07 bits per heavy atom. The second-order valence-corrected chi connectivity index (χ2v) is 11.0. The SMILES string of the molecule is O=S(=O)(O)c1ccccc1-c1cc2cc3cc(-c4ccccc4)c(cc4nc(cc5nc(cc1[nH]2)C=C5)C=C4)[nH]3.[Zn]. The molecule has 2 aliphatic rings. The van der Waals surface area contributed by atoms with Gasteiger partial charge in [0.25, 0.3) is 10.1 Å². The van der Waals surface area contributed by atoms with Gasteiger partial charge in [0.05, 0.1) is 22.8 Å². The molecule has 5 aromatic rings. The average molecular weight is 608 g/mol. The first-order valence-electron chi connectivity index (χ1n) is 12.6. The van der Waals surface area contributed by atoms with Crippen LogP contribution in [-0.2, 0) is 29.6 Å². The second-order valence-electron chi connectivity index (χ2n) is 9.61. The van der Waals surface area contributed by atoms with Crippen molar-refractivity contribution in [3.05, 3.63) is 114 Å². The summed E-state index contributed by atoms with van der Waals surface area (Å²) in [7, 11) is -4.45. The molecule has 0 aliphatic carbocycles. The number of benzene rings is 2. The number of nitrogens with zero attached hydrogens (tertiary/aromatic N) is 2. The molecule has 3 aromatic heterocycles. The van der Waals surface area contributed by atoms with E-state index in [9.17, 15) is 13.0 Å². The van der Waals surface area contributed by atoms with Crippen LogP contribution in [0.4, 0.5) is 0 Å². The fraction of sp³-hybridized carbons (Fsp3) is 0. The van der Waals surface area contributed by atoms with Crippen LogP contribution in [0, 0.1) is 0 Å². The van der Waals surface area contributed by atoms with E-state index in [1.165, 1.54) is 6.07 Å². The smallest absolute Gasteiger partial charge is 0.295 e. The molecule has 0 saturated heterocycles. The Hall–Kier alpha value is -4.43. The molecule has 0 unspecified atom stereocenters. The molecule has 2 aromatic carbocycles. The van der Waals surface area contributed by atoms with Gasteiger partial charge in [-0.25, -0.2) is 9.97 Å². The van der Waals surface area contributed by atoms with Gasteiger partial charge in [0.2, 0.25) is 0 Å². The van der Waals surface area contributed by atoms with Crippen molar-refractivity contribution in [3.8, 4) is 22.3 Å². The average Bonchev–Trinajstić information content (AvgIpc) is 3.73. The van der Waals surface area contributed by atoms with Crippen LogP contribution in [-0.4, -0.2) is 32.9 Å². The Kier molecular flexibility index (Phi) is 6.87. The largest absolute Gasteiger partial charge is 0.355 e. The van der Waals surface area contributed by atoms with Gasteiger partial charge in [0.15, 0.2) is 0 Å². The van der Waals surface area contributed by atoms with Gasteiger partial charge in [-0.15, -0.1) is 0 Å². The first kappa shape index (κ1) is 26.8. The van der Waals surface area contributed by atoms with Gasteiger partial charge in [0.1, 0.15) is 4.90 Å². The van der Waals surface area contributed by atoms with Crippen molar-refractivity contribution in [2.45, 2.75) is 4.90 Å². The van der Waals surface area contributed by atoms with Crippen molar-refractivity contribution in [2.75, 3.05) is 0 Å². The van der Waals surface area contributed by atoms with E-state index in [0.717, 1.165) is 44.8 Å². The summed E-state index contributed by atoms with van der Waals surface area (Å²) >= 11 is 0. The zero-order valence-corrected chi connectivity index (χ0v) is 25.5. The predicted octanol–water partition coefficient (Wildman–Crippen LogP) is 7.23. The van der Waals surface area contributed by atoms with Crippen LogP contribution in [0.25, 0.3) is 68.6 Å². The van der Waals surface area contributed by atoms with Gasteiger partial charge in [0, 0.05) is 58.2 Å². The number of rotatable bonds is 3. The minimum Gasteiger partial charge on any atom is -0.355 e. The zero-order valence-electron chi connectivity index (χ0n) is 21.7. The van der Waals surface area contributed by atoms with Crippen LogP contribution in [0.15, 0.2) is 95.9 Å². The Balaban J connectivity index is 0.00000302. The molecule has 8 bridgehead atoms. The molecule has 3 N–H and O–H groups in total. The molecule has 9 heteroatoms. The summed E-state index contributed by atoms with van der Waals surface area (Å²) in [5, 5.41) is 0. The van der Waals surface area contributed by atoms with Crippen molar-refractivity contribution in [1.82, 2.24) is 19.9 Å². The van der Waals surface area contributed by atoms with Crippen LogP contribution in [0.3, 0.4) is 0 Å². The zero-order chi connectivity index (χ0) is 27.3. The molecule has 0 radical (unpaired) electrons. The van der Waals surface area contributed by atoms with Gasteiger partial charge in [-0.05, 0) is 72.3 Å². The molecule has 2 aliphatic heterocycles. The number of aromatic amines is 2. The summed E-state index contributed by atoms with van der Waals surface area (Å²) < 4.78 is 34.4. The minimum atomic E-state index is -4.45. The molecule has 0 spiro atoms. The molecular weight excluding hydrogens is 586 g/mol. The van der Waals surface area contributed by atoms with Gasteiger partial charge in [-0.1, -0.05) is 48.5 Å². The molecule has 41 heavy (non-hydrogen) atoms. The van der Waals surface area contributed by atoms with E-state index in [2.05, 4.69) is 28.2 Å². The van der Waals surface area contributed by atoms with Gasteiger partial charge < -0.3 is 9.97 Å². The van der Waals surface area contributed by atoms with Crippen LogP contribution in [0.5, 0.6) is 0 Å². The van der Waals surface area contributed by atoms with Crippen LogP contribution in [0.2, 0.25) is 0 Å². The number of H-pyrrole nitrogens is 2. The number of fused-ring (bicyclic) bond motifs is 8. The van der Waals surface area contributed by atoms with E-state index in [1.54, 1.807) is 18.2 Å². The molecule has 7 nitrogen and oxygen atoms in total. The van der Waals surface area contributed by atoms with Crippen molar-refractivity contribution in [3.63, 3.8) is 0 Å². The number of hydrogen-bond acceptors (Lipinski definition) is 4. The molecule has 0 amide bonds. The number of nitrogens with one attached hydrogen (secondary N) is 2. The Bertz CT molecular complexity index is 2150. The molecule has 0 fully saturated rings. The summed E-state index contributed by atoms with van der Waals surface area (Å²) in [6.07, 6.45) is 7.75. The van der Waals surface area contributed by atoms with Crippen molar-refractivity contribution in [1.29, 1.82) is 0 Å². The van der Waals surface area contributed by atoms with Gasteiger partial charge in [-0.3, -0.25) is 4.55 Å². The van der Waals surface area contributed by atoms with Gasteiger partial charge >= 0.3 is 0 Å². The Morgan fingerprint density at radius 3 is 1.68 bits per heavy atom. The maximum Gasteiger partial charge on any atom is 0.295 e. The van der Waals surface area contributed by atoms with E-state index < -0.39 is 10.1 Å². The van der Waals surface area contributed by atoms with E-state index >= 15 is 0 Å².